The van der Waals surface area contributed by atoms with Gasteiger partial charge in [-0.15, -0.1) is 22.7 Å². The molecule has 1 aromatic carbocycles. The molecule has 1 aliphatic rings. The average Bonchev–Trinajstić information content (AvgIpc) is 3.19. The number of nitrogen functional groups attached to an aromatic ring is 2. The molecule has 4 nitrogen and oxygen atoms in total. The summed E-state index contributed by atoms with van der Waals surface area (Å²) < 4.78 is 5.53. The van der Waals surface area contributed by atoms with Crippen LogP contribution in [0.4, 0.5) is 27.8 Å². The zero-order valence-corrected chi connectivity index (χ0v) is 13.3. The second-order valence-electron chi connectivity index (χ2n) is 4.56. The zero-order chi connectivity index (χ0) is 14.4. The zero-order valence-electron chi connectivity index (χ0n) is 10.9. The fraction of sp³-hybridized carbons (Fsp3) is 0. The van der Waals surface area contributed by atoms with Gasteiger partial charge in [0.15, 0.2) is 0 Å². The van der Waals surface area contributed by atoms with Crippen molar-refractivity contribution in [3.05, 3.63) is 41.1 Å². The quantitative estimate of drug-likeness (QED) is 0.466. The monoisotopic (exact) mass is 332 g/mol. The maximum Gasteiger partial charge on any atom is 0.107 e. The molecule has 0 saturated heterocycles. The first-order valence-electron chi connectivity index (χ1n) is 6.28. The van der Waals surface area contributed by atoms with Gasteiger partial charge in [-0.25, -0.2) is 0 Å². The minimum atomic E-state index is 0.614. The van der Waals surface area contributed by atoms with Crippen molar-refractivity contribution >= 4 is 62.6 Å². The Bertz CT molecular complexity index is 781. The maximum atomic E-state index is 6.23. The van der Waals surface area contributed by atoms with Crippen LogP contribution in [0.5, 0.6) is 0 Å². The highest BCUT2D eigenvalue weighted by Gasteiger charge is 2.28. The van der Waals surface area contributed by atoms with E-state index in [0.717, 1.165) is 26.8 Å². The topological polar surface area (TPSA) is 67.3 Å². The van der Waals surface area contributed by atoms with Gasteiger partial charge in [-0.3, -0.25) is 4.31 Å². The number of hydrogen-bond acceptors (Lipinski definition) is 7. The van der Waals surface area contributed by atoms with Gasteiger partial charge in [0.05, 0.1) is 34.9 Å². The molecule has 0 spiro atoms. The van der Waals surface area contributed by atoms with E-state index in [1.807, 2.05) is 23.6 Å². The number of nitrogens with one attached hydrogen (secondary N) is 1. The van der Waals surface area contributed by atoms with Gasteiger partial charge >= 0.3 is 0 Å². The molecule has 0 bridgehead atoms. The van der Waals surface area contributed by atoms with Crippen LogP contribution in [0.25, 0.3) is 10.4 Å². The number of rotatable bonds is 2. The first-order valence-corrected chi connectivity index (χ1v) is 8.81. The number of anilines is 5. The predicted molar refractivity (Wildman–Crippen MR) is 96.3 cm³/mol. The molecule has 0 fully saturated rings. The second-order valence-corrected chi connectivity index (χ2v) is 7.19. The molecule has 21 heavy (non-hydrogen) atoms. The number of nitrogens with zero attached hydrogens (tertiary/aromatic N) is 1. The van der Waals surface area contributed by atoms with E-state index in [4.69, 9.17) is 11.5 Å². The molecule has 3 heterocycles. The lowest BCUT2D eigenvalue weighted by atomic mass is 10.1. The van der Waals surface area contributed by atoms with Gasteiger partial charge in [-0.2, -0.15) is 0 Å². The van der Waals surface area contributed by atoms with Crippen LogP contribution >= 0.6 is 34.8 Å². The second kappa shape index (κ2) is 4.87. The van der Waals surface area contributed by atoms with Gasteiger partial charge in [-0.05, 0) is 35.0 Å². The highest BCUT2D eigenvalue weighted by atomic mass is 32.2. The molecule has 4 rings (SSSR count). The third-order valence-corrected chi connectivity index (χ3v) is 6.04. The SMILES string of the molecule is Nc1cc2c(c(-c3cccs3)c1N)NSN2c1cccs1. The molecule has 0 amide bonds. The van der Waals surface area contributed by atoms with Crippen molar-refractivity contribution in [1.29, 1.82) is 0 Å². The van der Waals surface area contributed by atoms with Crippen molar-refractivity contribution in [2.24, 2.45) is 0 Å². The first-order chi connectivity index (χ1) is 10.3. The Hall–Kier alpha value is -1.83. The van der Waals surface area contributed by atoms with Crippen LogP contribution in [0.1, 0.15) is 0 Å². The minimum absolute atomic E-state index is 0.614. The molecule has 7 heteroatoms. The number of benzene rings is 1. The molecule has 1 aliphatic heterocycles. The minimum Gasteiger partial charge on any atom is -0.397 e. The number of nitrogens with two attached hydrogens (primary N) is 2. The van der Waals surface area contributed by atoms with Crippen molar-refractivity contribution in [2.45, 2.75) is 0 Å². The van der Waals surface area contributed by atoms with E-state index in [-0.39, 0.29) is 0 Å². The van der Waals surface area contributed by atoms with Gasteiger partial charge in [0.1, 0.15) is 5.00 Å². The summed E-state index contributed by atoms with van der Waals surface area (Å²) in [6, 6.07) is 10.2. The van der Waals surface area contributed by atoms with Crippen molar-refractivity contribution in [2.75, 3.05) is 20.5 Å². The van der Waals surface area contributed by atoms with E-state index >= 15 is 0 Å². The molecule has 0 unspecified atom stereocenters. The summed E-state index contributed by atoms with van der Waals surface area (Å²) in [5.74, 6) is 0. The standard InChI is InChI=1S/C14H12N4S3/c15-8-7-9-14(12(13(8)16)10-3-1-5-19-10)17-21-18(9)11-4-2-6-20-11/h1-7,17H,15-16H2. The third-order valence-electron chi connectivity index (χ3n) is 3.31. The Morgan fingerprint density at radius 1 is 1.05 bits per heavy atom. The molecule has 5 N–H and O–H groups in total. The van der Waals surface area contributed by atoms with Gasteiger partial charge < -0.3 is 16.2 Å². The van der Waals surface area contributed by atoms with Crippen LogP contribution in [0, 0.1) is 0 Å². The number of hydrogen-bond donors (Lipinski definition) is 3. The lowest BCUT2D eigenvalue weighted by Gasteiger charge is -2.16. The van der Waals surface area contributed by atoms with E-state index < -0.39 is 0 Å². The van der Waals surface area contributed by atoms with Crippen LogP contribution in [0.2, 0.25) is 0 Å². The van der Waals surface area contributed by atoms with Crippen molar-refractivity contribution in [3.63, 3.8) is 0 Å². The Morgan fingerprint density at radius 3 is 2.57 bits per heavy atom. The lowest BCUT2D eigenvalue weighted by molar-refractivity contribution is 1.52. The summed E-state index contributed by atoms with van der Waals surface area (Å²) in [6.07, 6.45) is 0. The average molecular weight is 332 g/mol. The highest BCUT2D eigenvalue weighted by molar-refractivity contribution is 8.02. The van der Waals surface area contributed by atoms with E-state index in [1.165, 1.54) is 0 Å². The first kappa shape index (κ1) is 12.9. The van der Waals surface area contributed by atoms with Crippen molar-refractivity contribution < 1.29 is 0 Å². The van der Waals surface area contributed by atoms with Crippen LogP contribution in [-0.4, -0.2) is 0 Å². The van der Waals surface area contributed by atoms with Crippen LogP contribution in [0.15, 0.2) is 41.1 Å². The number of thiophene rings is 2. The maximum absolute atomic E-state index is 6.23. The van der Waals surface area contributed by atoms with E-state index in [0.29, 0.717) is 11.4 Å². The Kier molecular flexibility index (Phi) is 2.99. The fourth-order valence-corrected chi connectivity index (χ4v) is 4.80. The van der Waals surface area contributed by atoms with Crippen LogP contribution < -0.4 is 20.5 Å². The van der Waals surface area contributed by atoms with Gasteiger partial charge in [0.25, 0.3) is 0 Å². The van der Waals surface area contributed by atoms with Gasteiger partial charge in [0.2, 0.25) is 0 Å². The van der Waals surface area contributed by atoms with Crippen LogP contribution in [0.3, 0.4) is 0 Å². The lowest BCUT2D eigenvalue weighted by Crippen LogP contribution is -2.02. The molecular formula is C14H12N4S3. The third kappa shape index (κ3) is 1.97. The normalized spacial score (nSPS) is 13.2. The van der Waals surface area contributed by atoms with Crippen molar-refractivity contribution in [3.8, 4) is 10.4 Å². The summed E-state index contributed by atoms with van der Waals surface area (Å²) in [6.45, 7) is 0. The summed E-state index contributed by atoms with van der Waals surface area (Å²) in [7, 11) is 0. The van der Waals surface area contributed by atoms with Crippen LogP contribution in [-0.2, 0) is 0 Å². The Balaban J connectivity index is 1.93. The summed E-state index contributed by atoms with van der Waals surface area (Å²) >= 11 is 4.90. The number of fused-ring (bicyclic) bond motifs is 1. The highest BCUT2D eigenvalue weighted by Crippen LogP contribution is 2.54. The summed E-state index contributed by atoms with van der Waals surface area (Å²) in [4.78, 5) is 1.12. The van der Waals surface area contributed by atoms with Gasteiger partial charge in [0, 0.05) is 10.4 Å². The Morgan fingerprint density at radius 2 is 1.86 bits per heavy atom. The summed E-state index contributed by atoms with van der Waals surface area (Å²) in [5.41, 5.74) is 16.7. The molecular weight excluding hydrogens is 320 g/mol. The van der Waals surface area contributed by atoms with E-state index in [1.54, 1.807) is 34.8 Å². The fourth-order valence-electron chi connectivity index (χ4n) is 2.33. The molecule has 0 radical (unpaired) electrons. The molecule has 0 saturated carbocycles. The van der Waals surface area contributed by atoms with Gasteiger partial charge in [-0.1, -0.05) is 6.07 Å². The van der Waals surface area contributed by atoms with E-state index in [2.05, 4.69) is 26.5 Å². The van der Waals surface area contributed by atoms with Crippen molar-refractivity contribution in [1.82, 2.24) is 0 Å². The summed E-state index contributed by atoms with van der Waals surface area (Å²) in [5, 5.41) is 5.27. The molecule has 2 aromatic heterocycles. The molecule has 0 aliphatic carbocycles. The Labute approximate surface area is 134 Å². The molecule has 106 valence electrons. The largest absolute Gasteiger partial charge is 0.397 e. The molecule has 0 atom stereocenters. The smallest absolute Gasteiger partial charge is 0.107 e. The molecule has 3 aromatic rings. The predicted octanol–water partition coefficient (Wildman–Crippen LogP) is 4.77. The van der Waals surface area contributed by atoms with E-state index in [9.17, 15) is 0 Å².